The maximum Gasteiger partial charge on any atom is 0.416 e. The number of rotatable bonds is 30. The Morgan fingerprint density at radius 1 is 0.409 bits per heavy atom. The van der Waals surface area contributed by atoms with Gasteiger partial charge in [-0.3, -0.25) is 67.5 Å². The van der Waals surface area contributed by atoms with Gasteiger partial charge in [0.2, 0.25) is 47.3 Å². The molecule has 4 unspecified atom stereocenters. The molecule has 23 nitrogen and oxygen atoms in total. The van der Waals surface area contributed by atoms with Crippen molar-refractivity contribution in [1.29, 1.82) is 0 Å². The van der Waals surface area contributed by atoms with Crippen LogP contribution < -0.4 is 45.8 Å². The van der Waals surface area contributed by atoms with Gasteiger partial charge in [0.25, 0.3) is 0 Å². The van der Waals surface area contributed by atoms with Crippen LogP contribution in [0.2, 0.25) is 0 Å². The van der Waals surface area contributed by atoms with E-state index in [0.29, 0.717) is 15.3 Å². The Kier molecular flexibility index (Phi) is 39.6. The molecule has 0 spiro atoms. The van der Waals surface area contributed by atoms with Gasteiger partial charge in [0.05, 0.1) is 40.7 Å². The summed E-state index contributed by atoms with van der Waals surface area (Å²) in [6.45, 7) is 6.74. The number of benzene rings is 6. The summed E-state index contributed by atoms with van der Waals surface area (Å²) in [7, 11) is 0. The number of nitrogens with zero attached hydrogens (tertiary/aromatic N) is 5. The van der Waals surface area contributed by atoms with E-state index in [1.165, 1.54) is 54.6 Å². The summed E-state index contributed by atoms with van der Waals surface area (Å²) >= 11 is 25.4. The minimum atomic E-state index is -4.66. The summed E-state index contributed by atoms with van der Waals surface area (Å²) in [5, 5.41) is 32.2. The molecule has 1 aliphatic heterocycles. The molecule has 712 valence electrons. The first-order chi connectivity index (χ1) is 62.4. The summed E-state index contributed by atoms with van der Waals surface area (Å²) < 4.78 is 165. The molecule has 2 aromatic heterocycles. The Hall–Kier alpha value is -11.0. The van der Waals surface area contributed by atoms with Crippen LogP contribution in [0.4, 0.5) is 81.1 Å². The summed E-state index contributed by atoms with van der Waals surface area (Å²) in [4.78, 5) is 145. The third-order valence-electron chi connectivity index (χ3n) is 20.7. The average Bonchev–Trinajstić information content (AvgIpc) is 1.78. The van der Waals surface area contributed by atoms with Gasteiger partial charge in [-0.05, 0) is 190 Å². The predicted molar refractivity (Wildman–Crippen MR) is 478 cm³/mol. The van der Waals surface area contributed by atoms with Crippen LogP contribution in [0.15, 0.2) is 181 Å². The molecule has 8 aromatic rings. The molecule has 6 aromatic carbocycles. The molecule has 11 rings (SSSR count). The molecule has 6 N–H and O–H groups in total. The number of hydrogen-bond acceptors (Lipinski definition) is 15. The molecule has 0 bridgehead atoms. The van der Waals surface area contributed by atoms with E-state index < -0.39 is 165 Å². The quantitative estimate of drug-likeness (QED) is 0.0139. The molecule has 41 heteroatoms. The lowest BCUT2D eigenvalue weighted by Gasteiger charge is -2.33. The highest BCUT2D eigenvalue weighted by Crippen LogP contribution is 2.42. The molecule has 0 radical (unpaired) electrons. The molecule has 132 heavy (non-hydrogen) atoms. The minimum absolute atomic E-state index is 0.0251. The number of anilines is 5. The highest BCUT2D eigenvalue weighted by Gasteiger charge is 2.43. The molecule has 3 fully saturated rings. The lowest BCUT2D eigenvalue weighted by atomic mass is 9.94. The number of halogens is 16. The van der Waals surface area contributed by atoms with Crippen LogP contribution >= 0.6 is 69.1 Å². The number of thiophene rings is 2. The number of hydrogen-bond donors (Lipinski definition) is 6. The third-order valence-corrected chi connectivity index (χ3v) is 23.5. The molecule has 8 amide bonds. The first-order valence-electron chi connectivity index (χ1n) is 41.4. The van der Waals surface area contributed by atoms with Gasteiger partial charge >= 0.3 is 42.6 Å². The molecule has 1 saturated heterocycles. The summed E-state index contributed by atoms with van der Waals surface area (Å²) in [5.41, 5.74) is -3.25. The van der Waals surface area contributed by atoms with Crippen LogP contribution in [0.25, 0.3) is 0 Å². The van der Waals surface area contributed by atoms with Crippen molar-refractivity contribution < 1.29 is 120 Å². The largest absolute Gasteiger partial charge is 0.481 e. The molecular weight excluding hydrogens is 1880 g/mol. The zero-order valence-electron chi connectivity index (χ0n) is 71.2. The van der Waals surface area contributed by atoms with E-state index >= 15 is 0 Å². The summed E-state index contributed by atoms with van der Waals surface area (Å²) in [5.74, 6) is -10.4. The van der Waals surface area contributed by atoms with Gasteiger partial charge in [0, 0.05) is 76.5 Å². The van der Waals surface area contributed by atoms with Crippen LogP contribution in [-0.2, 0) is 77.4 Å². The smallest absolute Gasteiger partial charge is 0.416 e. The first kappa shape index (κ1) is 106. The molecule has 3 heterocycles. The van der Waals surface area contributed by atoms with Gasteiger partial charge < -0.3 is 41.1 Å². The van der Waals surface area contributed by atoms with E-state index in [0.717, 1.165) is 205 Å². The average molecular weight is 1970 g/mol. The van der Waals surface area contributed by atoms with Crippen LogP contribution in [0, 0.1) is 0 Å². The van der Waals surface area contributed by atoms with E-state index in [2.05, 4.69) is 26.2 Å². The van der Waals surface area contributed by atoms with Crippen LogP contribution in [0.3, 0.4) is 0 Å². The van der Waals surface area contributed by atoms with Gasteiger partial charge in [-0.1, -0.05) is 99.2 Å². The number of amides is 8. The second-order valence-corrected chi connectivity index (χ2v) is 34.4. The van der Waals surface area contributed by atoms with Gasteiger partial charge in [-0.2, -0.15) is 52.7 Å². The zero-order chi connectivity index (χ0) is 97.0. The standard InChI is InChI=1S/C27H31ClF3N3O2.C24H24ClF3N2O4.C22H24ClF3N2O4S.C18H16ClF3N2O4S/c28-18-24(35)34(23-10-6-7-20(17-23)27(29,30)31)25(26(36)32-21-8-2-1-3-9-21)19-11-13-22(14-12-19)33-15-4-5-16-33;25-14-20(31)30(19-8-4-5-17(13-19)24(26,27)28)21(15-9-11-16(12-10-15)23(33)34)22(32)29-18-6-2-1-3-7-18;1-21(2,3)32-18(30)9-10-27-20(31)19(16-8-5-11-33-16)28(17(29)13-23)15-7-4-6-14(12-15)22(24,25)26;19-10-14(25)24(12-4-1-3-11(9-12)18(20,21)22)16(13-5-2-8-29-13)17(28)23-7-6-15(26)27/h6-7,10-14,17,21,25H,1-5,8-9,15-16,18H2,(H,32,36);4-5,8-13,18,21H,1-3,6-7,14H2,(H,29,32)(H,33,34);4-8,11-12,19H,9-10,13H2,1-3H3,(H,27,31);1-5,8-9,16H,6-7,10H2,(H,23,28)(H,26,27). The maximum absolute atomic E-state index is 13.7. The van der Waals surface area contributed by atoms with E-state index in [4.69, 9.17) is 56.2 Å². The molecule has 4 atom stereocenters. The summed E-state index contributed by atoms with van der Waals surface area (Å²) in [6, 6.07) is 30.5. The number of alkyl halides is 16. The SMILES string of the molecule is CC(C)(C)OC(=O)CCNC(=O)C(c1cccs1)N(C(=O)CCl)c1cccc(C(F)(F)F)c1.O=C(NC1CCCCC1)C(c1ccc(N2CCCC2)cc1)N(C(=O)CCl)c1cccc(C(F)(F)F)c1.O=C(O)CCNC(=O)C(c1cccs1)N(C(=O)CCl)c1cccc(C(F)(F)F)c1.O=C(O)c1ccc(C(C(=O)NC2CCCCC2)N(C(=O)CCl)c2cccc(C(F)(F)F)c2)cc1. The van der Waals surface area contributed by atoms with Crippen molar-refractivity contribution in [3.63, 3.8) is 0 Å². The number of carbonyl (C=O) groups excluding carboxylic acids is 9. The normalized spacial score (nSPS) is 14.6. The van der Waals surface area contributed by atoms with Crippen molar-refractivity contribution in [1.82, 2.24) is 21.3 Å². The molecule has 2 saturated carbocycles. The van der Waals surface area contributed by atoms with Crippen molar-refractivity contribution in [2.45, 2.75) is 177 Å². The molecule has 2 aliphatic carbocycles. The number of carbonyl (C=O) groups is 11. The fourth-order valence-corrected chi connectivity index (χ4v) is 16.8. The van der Waals surface area contributed by atoms with Crippen molar-refractivity contribution in [2.75, 3.05) is 74.2 Å². The molecule has 3 aliphatic rings. The van der Waals surface area contributed by atoms with E-state index in [-0.39, 0.29) is 71.9 Å². The van der Waals surface area contributed by atoms with Gasteiger partial charge in [0.15, 0.2) is 0 Å². The number of esters is 1. The lowest BCUT2D eigenvalue weighted by Crippen LogP contribution is -2.47. The van der Waals surface area contributed by atoms with Crippen molar-refractivity contribution in [2.24, 2.45) is 0 Å². The number of carboxylic acid groups (broad SMARTS) is 2. The second kappa shape index (κ2) is 49.1. The highest BCUT2D eigenvalue weighted by molar-refractivity contribution is 7.10. The third kappa shape index (κ3) is 31.1. The fourth-order valence-electron chi connectivity index (χ4n) is 14.7. The van der Waals surface area contributed by atoms with Crippen LogP contribution in [0.1, 0.15) is 188 Å². The fraction of sp³-hybridized carbons (Fsp3) is 0.396. The van der Waals surface area contributed by atoms with E-state index in [9.17, 15) is 111 Å². The second-order valence-electron chi connectivity index (χ2n) is 31.4. The Morgan fingerprint density at radius 2 is 0.727 bits per heavy atom. The van der Waals surface area contributed by atoms with E-state index in [1.54, 1.807) is 67.9 Å². The first-order valence-corrected chi connectivity index (χ1v) is 45.3. The molecular formula is C91H95Cl4F12N9O14S2. The highest BCUT2D eigenvalue weighted by atomic mass is 35.5. The van der Waals surface area contributed by atoms with Gasteiger partial charge in [-0.15, -0.1) is 69.1 Å². The Bertz CT molecular complexity index is 5210. The number of ether oxygens (including phenoxy) is 1. The number of aliphatic carboxylic acids is 1. The van der Waals surface area contributed by atoms with Gasteiger partial charge in [0.1, 0.15) is 53.3 Å². The maximum atomic E-state index is 13.7. The van der Waals surface area contributed by atoms with Crippen molar-refractivity contribution in [3.05, 3.63) is 229 Å². The number of aromatic carboxylic acids is 1. The Balaban J connectivity index is 0.000000218. The monoisotopic (exact) mass is 1970 g/mol. The lowest BCUT2D eigenvalue weighted by molar-refractivity contribution is -0.155. The van der Waals surface area contributed by atoms with Gasteiger partial charge in [-0.25, -0.2) is 4.79 Å². The number of carboxylic acids is 2. The summed E-state index contributed by atoms with van der Waals surface area (Å²) in [6.07, 6.45) is -7.59. The van der Waals surface area contributed by atoms with E-state index in [1.807, 2.05) is 12.1 Å². The Morgan fingerprint density at radius 3 is 1.02 bits per heavy atom. The zero-order valence-corrected chi connectivity index (χ0v) is 75.9. The van der Waals surface area contributed by atoms with Crippen molar-refractivity contribution >= 4 is 163 Å². The van der Waals surface area contributed by atoms with Crippen molar-refractivity contribution in [3.8, 4) is 0 Å². The minimum Gasteiger partial charge on any atom is -0.481 e. The predicted octanol–water partition coefficient (Wildman–Crippen LogP) is 19.8. The number of nitrogens with one attached hydrogen (secondary N) is 4. The van der Waals surface area contributed by atoms with Crippen LogP contribution in [-0.4, -0.2) is 143 Å². The van der Waals surface area contributed by atoms with Crippen LogP contribution in [0.5, 0.6) is 0 Å². The topological polar surface area (TPSA) is 302 Å². The Labute approximate surface area is 780 Å².